The molecule has 46 heavy (non-hydrogen) atoms. The number of pyridine rings is 1. The first-order chi connectivity index (χ1) is 21.9. The SMILES string of the molecule is Cc1cc(C)c2cccc(OCc3c(Cl)ccc(S(=O)(=O)N4CCC[C@H]4C(=O)NCC(=O)NC4CC5CCC(C4)N5C)c3Cl)c2n1. The highest BCUT2D eigenvalue weighted by atomic mass is 35.5. The van der Waals surface area contributed by atoms with Gasteiger partial charge in [-0.25, -0.2) is 13.4 Å². The lowest BCUT2D eigenvalue weighted by Gasteiger charge is -2.36. The van der Waals surface area contributed by atoms with E-state index in [0.717, 1.165) is 46.6 Å². The minimum absolute atomic E-state index is 0.0643. The van der Waals surface area contributed by atoms with Crippen molar-refractivity contribution in [3.63, 3.8) is 0 Å². The van der Waals surface area contributed by atoms with Crippen molar-refractivity contribution >= 4 is 55.9 Å². The maximum absolute atomic E-state index is 13.9. The number of carbonyl (C=O) groups is 2. The van der Waals surface area contributed by atoms with E-state index in [2.05, 4.69) is 27.6 Å². The van der Waals surface area contributed by atoms with Crippen molar-refractivity contribution in [3.8, 4) is 5.75 Å². The number of aromatic nitrogens is 1. The van der Waals surface area contributed by atoms with Gasteiger partial charge < -0.3 is 20.3 Å². The van der Waals surface area contributed by atoms with Crippen molar-refractivity contribution < 1.29 is 22.7 Å². The molecule has 3 aliphatic rings. The molecule has 3 atom stereocenters. The molecule has 3 aliphatic heterocycles. The molecule has 4 heterocycles. The normalized spacial score (nSPS) is 23.5. The third-order valence-electron chi connectivity index (χ3n) is 9.64. The summed E-state index contributed by atoms with van der Waals surface area (Å²) < 4.78 is 35.1. The molecule has 1 aromatic heterocycles. The fourth-order valence-electron chi connectivity index (χ4n) is 7.24. The van der Waals surface area contributed by atoms with E-state index in [1.165, 1.54) is 12.1 Å². The molecule has 6 rings (SSSR count). The van der Waals surface area contributed by atoms with Crippen LogP contribution in [0.25, 0.3) is 10.9 Å². The molecule has 3 aromatic rings. The Morgan fingerprint density at radius 3 is 2.54 bits per heavy atom. The molecule has 2 bridgehead atoms. The summed E-state index contributed by atoms with van der Waals surface area (Å²) in [5.41, 5.74) is 2.91. The Balaban J connectivity index is 1.13. The Hall–Kier alpha value is -2.96. The zero-order valence-electron chi connectivity index (χ0n) is 26.2. The Morgan fingerprint density at radius 1 is 1.07 bits per heavy atom. The summed E-state index contributed by atoms with van der Waals surface area (Å²) in [5.74, 6) is -0.262. The van der Waals surface area contributed by atoms with E-state index in [1.54, 1.807) is 6.07 Å². The molecular formula is C33H39Cl2N5O5S. The molecule has 2 aromatic carbocycles. The van der Waals surface area contributed by atoms with Gasteiger partial charge in [0.1, 0.15) is 28.8 Å². The molecule has 0 aliphatic carbocycles. The van der Waals surface area contributed by atoms with Crippen LogP contribution in [0.1, 0.15) is 55.3 Å². The number of para-hydroxylation sites is 1. The Kier molecular flexibility index (Phi) is 9.51. The summed E-state index contributed by atoms with van der Waals surface area (Å²) in [6.07, 6.45) is 4.91. The Bertz CT molecular complexity index is 1770. The summed E-state index contributed by atoms with van der Waals surface area (Å²) in [5, 5.41) is 6.85. The van der Waals surface area contributed by atoms with Gasteiger partial charge >= 0.3 is 0 Å². The first kappa shape index (κ1) is 33.0. The number of piperidine rings is 1. The summed E-state index contributed by atoms with van der Waals surface area (Å²) in [4.78, 5) is 32.8. The van der Waals surface area contributed by atoms with Gasteiger partial charge in [0, 0.05) is 46.3 Å². The van der Waals surface area contributed by atoms with E-state index in [9.17, 15) is 18.0 Å². The fourth-order valence-corrected chi connectivity index (χ4v) is 9.76. The van der Waals surface area contributed by atoms with Crippen LogP contribution < -0.4 is 15.4 Å². The lowest BCUT2D eigenvalue weighted by molar-refractivity contribution is -0.128. The number of nitrogens with zero attached hydrogens (tertiary/aromatic N) is 3. The van der Waals surface area contributed by atoms with Gasteiger partial charge in [-0.15, -0.1) is 0 Å². The fraction of sp³-hybridized carbons (Fsp3) is 0.485. The summed E-state index contributed by atoms with van der Waals surface area (Å²) in [7, 11) is -2.06. The largest absolute Gasteiger partial charge is 0.487 e. The second-order valence-electron chi connectivity index (χ2n) is 12.6. The van der Waals surface area contributed by atoms with Crippen LogP contribution in [-0.4, -0.2) is 78.7 Å². The molecule has 0 radical (unpaired) electrons. The molecule has 246 valence electrons. The number of rotatable bonds is 9. The number of benzene rings is 2. The zero-order valence-corrected chi connectivity index (χ0v) is 28.5. The summed E-state index contributed by atoms with van der Waals surface area (Å²) >= 11 is 13.2. The van der Waals surface area contributed by atoms with Gasteiger partial charge in [0.2, 0.25) is 21.8 Å². The van der Waals surface area contributed by atoms with Crippen molar-refractivity contribution in [1.29, 1.82) is 0 Å². The van der Waals surface area contributed by atoms with Crippen molar-refractivity contribution in [1.82, 2.24) is 24.8 Å². The molecule has 13 heteroatoms. The van der Waals surface area contributed by atoms with Crippen LogP contribution in [0, 0.1) is 13.8 Å². The van der Waals surface area contributed by atoms with Gasteiger partial charge in [0.25, 0.3) is 0 Å². The van der Waals surface area contributed by atoms with E-state index in [-0.39, 0.29) is 46.6 Å². The van der Waals surface area contributed by atoms with Crippen molar-refractivity contribution in [3.05, 3.63) is 63.3 Å². The van der Waals surface area contributed by atoms with E-state index in [1.807, 2.05) is 32.0 Å². The molecule has 2 amide bonds. The maximum atomic E-state index is 13.9. The molecule has 2 unspecified atom stereocenters. The monoisotopic (exact) mass is 687 g/mol. The standard InChI is InChI=1S/C33H39Cl2N5O5S/c1-19-14-20(2)37-32-24(19)6-4-8-28(32)45-18-25-26(34)11-12-29(31(25)35)46(43,44)40-13-5-7-27(40)33(42)36-17-30(41)38-21-15-22-9-10-23(16-21)39(22)3/h4,6,8,11-12,14,21-23,27H,5,7,9-10,13,15-18H2,1-3H3,(H,36,42)(H,38,41)/t21?,22?,23?,27-/m0/s1. The van der Waals surface area contributed by atoms with Gasteiger partial charge in [-0.3, -0.25) is 9.59 Å². The van der Waals surface area contributed by atoms with E-state index in [0.29, 0.717) is 41.8 Å². The topological polar surface area (TPSA) is 121 Å². The maximum Gasteiger partial charge on any atom is 0.245 e. The van der Waals surface area contributed by atoms with E-state index in [4.69, 9.17) is 27.9 Å². The number of fused-ring (bicyclic) bond motifs is 3. The minimum atomic E-state index is -4.19. The summed E-state index contributed by atoms with van der Waals surface area (Å²) in [6.45, 7) is 3.76. The average Bonchev–Trinajstić information content (AvgIpc) is 3.57. The first-order valence-electron chi connectivity index (χ1n) is 15.7. The van der Waals surface area contributed by atoms with Crippen molar-refractivity contribution in [2.24, 2.45) is 0 Å². The highest BCUT2D eigenvalue weighted by Gasteiger charge is 2.41. The van der Waals surface area contributed by atoms with Crippen molar-refractivity contribution in [2.75, 3.05) is 20.1 Å². The van der Waals surface area contributed by atoms with Crippen LogP contribution in [0.4, 0.5) is 0 Å². The predicted molar refractivity (Wildman–Crippen MR) is 178 cm³/mol. The Morgan fingerprint density at radius 2 is 1.80 bits per heavy atom. The number of halogens is 2. The number of hydrogen-bond donors (Lipinski definition) is 2. The minimum Gasteiger partial charge on any atom is -0.487 e. The van der Waals surface area contributed by atoms with Crippen LogP contribution >= 0.6 is 23.2 Å². The van der Waals surface area contributed by atoms with Crippen LogP contribution in [-0.2, 0) is 26.2 Å². The number of hydrogen-bond acceptors (Lipinski definition) is 7. The molecule has 3 saturated heterocycles. The van der Waals surface area contributed by atoms with Gasteiger partial charge in [0.05, 0.1) is 11.6 Å². The third kappa shape index (κ3) is 6.44. The highest BCUT2D eigenvalue weighted by molar-refractivity contribution is 7.89. The summed E-state index contributed by atoms with van der Waals surface area (Å²) in [6, 6.07) is 10.5. The van der Waals surface area contributed by atoms with Crippen molar-refractivity contribution in [2.45, 2.75) is 88.0 Å². The zero-order chi connectivity index (χ0) is 32.7. The molecule has 0 saturated carbocycles. The Labute approximate surface area is 279 Å². The van der Waals surface area contributed by atoms with Gasteiger partial charge in [0.15, 0.2) is 0 Å². The lowest BCUT2D eigenvalue weighted by Crippen LogP contribution is -2.52. The van der Waals surface area contributed by atoms with Gasteiger partial charge in [-0.1, -0.05) is 35.3 Å². The highest BCUT2D eigenvalue weighted by Crippen LogP contribution is 2.37. The third-order valence-corrected chi connectivity index (χ3v) is 12.5. The van der Waals surface area contributed by atoms with E-state index < -0.39 is 22.0 Å². The lowest BCUT2D eigenvalue weighted by atomic mass is 9.98. The number of nitrogens with one attached hydrogen (secondary N) is 2. The van der Waals surface area contributed by atoms with Gasteiger partial charge in [-0.2, -0.15) is 4.31 Å². The number of amides is 2. The van der Waals surface area contributed by atoms with E-state index >= 15 is 0 Å². The molecule has 2 N–H and O–H groups in total. The number of sulfonamides is 1. The quantitative estimate of drug-likeness (QED) is 0.333. The number of aryl methyl sites for hydroxylation is 2. The second-order valence-corrected chi connectivity index (χ2v) is 15.3. The molecule has 10 nitrogen and oxygen atoms in total. The van der Waals surface area contributed by atoms with Gasteiger partial charge in [-0.05, 0) is 89.2 Å². The molecule has 0 spiro atoms. The van der Waals surface area contributed by atoms with Crippen LogP contribution in [0.15, 0.2) is 41.3 Å². The molecule has 3 fully saturated rings. The first-order valence-corrected chi connectivity index (χ1v) is 17.9. The number of carbonyl (C=O) groups excluding carboxylic acids is 2. The van der Waals surface area contributed by atoms with Crippen LogP contribution in [0.5, 0.6) is 5.75 Å². The molecular weight excluding hydrogens is 649 g/mol. The average molecular weight is 689 g/mol. The smallest absolute Gasteiger partial charge is 0.245 e. The predicted octanol–water partition coefficient (Wildman–Crippen LogP) is 4.75. The number of ether oxygens (including phenoxy) is 1. The second kappa shape index (κ2) is 13.3. The van der Waals surface area contributed by atoms with Crippen LogP contribution in [0.2, 0.25) is 10.0 Å². The van der Waals surface area contributed by atoms with Crippen LogP contribution in [0.3, 0.4) is 0 Å².